The summed E-state index contributed by atoms with van der Waals surface area (Å²) in [6, 6.07) is 3.63. The predicted octanol–water partition coefficient (Wildman–Crippen LogP) is 0.0789. The van der Waals surface area contributed by atoms with Gasteiger partial charge in [0, 0.05) is 12.7 Å². The number of hydrogen-bond donors (Lipinski definition) is 2. The lowest BCUT2D eigenvalue weighted by Crippen LogP contribution is -2.19. The van der Waals surface area contributed by atoms with Crippen molar-refractivity contribution in [3.8, 4) is 0 Å². The fraction of sp³-hybridized carbons (Fsp3) is 0.273. The summed E-state index contributed by atoms with van der Waals surface area (Å²) in [5, 5.41) is 10.3. The van der Waals surface area contributed by atoms with E-state index in [1.165, 1.54) is 4.68 Å². The van der Waals surface area contributed by atoms with E-state index in [4.69, 9.17) is 5.73 Å². The minimum absolute atomic E-state index is 0.0859. The third-order valence-corrected chi connectivity index (χ3v) is 2.28. The van der Waals surface area contributed by atoms with Gasteiger partial charge in [0.15, 0.2) is 0 Å². The standard InChI is InChI=1S/C11H14N6O/c1-8-2-3-10(13-5-8)14-11(18)7-17-6-9(4-12)15-16-17/h2-3,5-6H,4,7,12H2,1H3,(H,13,14,18). The molecule has 7 heteroatoms. The molecule has 3 N–H and O–H groups in total. The van der Waals surface area contributed by atoms with Crippen LogP contribution in [-0.4, -0.2) is 25.9 Å². The molecule has 0 aromatic carbocycles. The summed E-state index contributed by atoms with van der Waals surface area (Å²) in [6.07, 6.45) is 3.33. The Hall–Kier alpha value is -2.28. The van der Waals surface area contributed by atoms with Crippen molar-refractivity contribution in [2.45, 2.75) is 20.0 Å². The zero-order valence-corrected chi connectivity index (χ0v) is 10.00. The van der Waals surface area contributed by atoms with Crippen LogP contribution in [0, 0.1) is 6.92 Å². The fourth-order valence-electron chi connectivity index (χ4n) is 1.38. The minimum atomic E-state index is -0.208. The molecule has 2 heterocycles. The molecule has 0 aliphatic rings. The maximum Gasteiger partial charge on any atom is 0.247 e. The summed E-state index contributed by atoms with van der Waals surface area (Å²) in [5.74, 6) is 0.310. The Morgan fingerprint density at radius 1 is 1.50 bits per heavy atom. The van der Waals surface area contributed by atoms with Crippen molar-refractivity contribution in [1.29, 1.82) is 0 Å². The fourth-order valence-corrected chi connectivity index (χ4v) is 1.38. The number of carbonyl (C=O) groups excluding carboxylic acids is 1. The Bertz CT molecular complexity index is 533. The van der Waals surface area contributed by atoms with Crippen molar-refractivity contribution in [3.05, 3.63) is 35.8 Å². The Morgan fingerprint density at radius 3 is 2.94 bits per heavy atom. The monoisotopic (exact) mass is 246 g/mol. The second kappa shape index (κ2) is 5.37. The van der Waals surface area contributed by atoms with Crippen LogP contribution in [0.3, 0.4) is 0 Å². The normalized spacial score (nSPS) is 10.3. The summed E-state index contributed by atoms with van der Waals surface area (Å²) in [4.78, 5) is 15.8. The Balaban J connectivity index is 1.94. The van der Waals surface area contributed by atoms with Crippen LogP contribution in [0.4, 0.5) is 5.82 Å². The van der Waals surface area contributed by atoms with E-state index in [9.17, 15) is 4.79 Å². The maximum atomic E-state index is 11.7. The van der Waals surface area contributed by atoms with Crippen molar-refractivity contribution >= 4 is 11.7 Å². The summed E-state index contributed by atoms with van der Waals surface area (Å²) in [7, 11) is 0. The van der Waals surface area contributed by atoms with E-state index >= 15 is 0 Å². The highest BCUT2D eigenvalue weighted by Crippen LogP contribution is 2.03. The molecule has 2 aromatic heterocycles. The van der Waals surface area contributed by atoms with Crippen molar-refractivity contribution in [3.63, 3.8) is 0 Å². The second-order valence-corrected chi connectivity index (χ2v) is 3.88. The summed E-state index contributed by atoms with van der Waals surface area (Å²) in [5.41, 5.74) is 7.09. The quantitative estimate of drug-likeness (QED) is 0.796. The van der Waals surface area contributed by atoms with Gasteiger partial charge in [-0.2, -0.15) is 0 Å². The van der Waals surface area contributed by atoms with Crippen molar-refractivity contribution in [2.24, 2.45) is 5.73 Å². The molecule has 0 aliphatic carbocycles. The molecular formula is C11H14N6O. The average Bonchev–Trinajstić information content (AvgIpc) is 2.79. The van der Waals surface area contributed by atoms with E-state index in [0.717, 1.165) is 5.56 Å². The number of nitrogens with two attached hydrogens (primary N) is 1. The zero-order chi connectivity index (χ0) is 13.0. The molecular weight excluding hydrogens is 232 g/mol. The first-order valence-electron chi connectivity index (χ1n) is 5.49. The van der Waals surface area contributed by atoms with Gasteiger partial charge in [-0.3, -0.25) is 4.79 Å². The van der Waals surface area contributed by atoms with E-state index in [1.807, 2.05) is 13.0 Å². The number of anilines is 1. The first kappa shape index (κ1) is 12.2. The molecule has 7 nitrogen and oxygen atoms in total. The number of aromatic nitrogens is 4. The van der Waals surface area contributed by atoms with Gasteiger partial charge in [0.25, 0.3) is 0 Å². The molecule has 0 radical (unpaired) electrons. The highest BCUT2D eigenvalue weighted by molar-refractivity contribution is 5.89. The molecule has 0 fully saturated rings. The molecule has 1 amide bonds. The molecule has 0 unspecified atom stereocenters. The number of carbonyl (C=O) groups is 1. The van der Waals surface area contributed by atoms with E-state index in [1.54, 1.807) is 18.5 Å². The molecule has 0 spiro atoms. The number of rotatable bonds is 4. The highest BCUT2D eigenvalue weighted by atomic mass is 16.2. The summed E-state index contributed by atoms with van der Waals surface area (Å²) < 4.78 is 1.44. The lowest BCUT2D eigenvalue weighted by Gasteiger charge is -2.04. The van der Waals surface area contributed by atoms with Crippen molar-refractivity contribution in [2.75, 3.05) is 5.32 Å². The van der Waals surface area contributed by atoms with E-state index in [-0.39, 0.29) is 12.5 Å². The van der Waals surface area contributed by atoms with Crippen LogP contribution >= 0.6 is 0 Å². The third kappa shape index (κ3) is 3.11. The van der Waals surface area contributed by atoms with Gasteiger partial charge in [-0.05, 0) is 18.6 Å². The zero-order valence-electron chi connectivity index (χ0n) is 10.00. The molecule has 18 heavy (non-hydrogen) atoms. The number of nitrogens with one attached hydrogen (secondary N) is 1. The predicted molar refractivity (Wildman–Crippen MR) is 65.5 cm³/mol. The lowest BCUT2D eigenvalue weighted by atomic mass is 10.3. The molecule has 94 valence electrons. The van der Waals surface area contributed by atoms with Crippen LogP contribution in [0.1, 0.15) is 11.3 Å². The molecule has 2 aromatic rings. The Morgan fingerprint density at radius 2 is 2.33 bits per heavy atom. The third-order valence-electron chi connectivity index (χ3n) is 2.28. The van der Waals surface area contributed by atoms with Gasteiger partial charge in [0.05, 0.1) is 11.9 Å². The number of nitrogens with zero attached hydrogens (tertiary/aromatic N) is 4. The van der Waals surface area contributed by atoms with Crippen LogP contribution in [0.15, 0.2) is 24.5 Å². The van der Waals surface area contributed by atoms with E-state index in [0.29, 0.717) is 18.1 Å². The van der Waals surface area contributed by atoms with Crippen LogP contribution in [0.25, 0.3) is 0 Å². The topological polar surface area (TPSA) is 98.7 Å². The maximum absolute atomic E-state index is 11.7. The van der Waals surface area contributed by atoms with Gasteiger partial charge in [-0.1, -0.05) is 11.3 Å². The number of pyridine rings is 1. The smallest absolute Gasteiger partial charge is 0.247 e. The Labute approximate surface area is 104 Å². The molecule has 0 saturated carbocycles. The first-order valence-corrected chi connectivity index (χ1v) is 5.49. The number of amides is 1. The molecule has 0 aliphatic heterocycles. The summed E-state index contributed by atoms with van der Waals surface area (Å²) in [6.45, 7) is 2.33. The molecule has 0 bridgehead atoms. The minimum Gasteiger partial charge on any atom is -0.325 e. The Kier molecular flexibility index (Phi) is 3.63. The van der Waals surface area contributed by atoms with Gasteiger partial charge in [-0.25, -0.2) is 9.67 Å². The first-order chi connectivity index (χ1) is 8.67. The van der Waals surface area contributed by atoms with Gasteiger partial charge in [0.1, 0.15) is 12.4 Å². The van der Waals surface area contributed by atoms with Crippen molar-refractivity contribution in [1.82, 2.24) is 20.0 Å². The van der Waals surface area contributed by atoms with Crippen LogP contribution in [-0.2, 0) is 17.9 Å². The second-order valence-electron chi connectivity index (χ2n) is 3.88. The van der Waals surface area contributed by atoms with Crippen LogP contribution in [0.5, 0.6) is 0 Å². The molecule has 2 rings (SSSR count). The van der Waals surface area contributed by atoms with Gasteiger partial charge >= 0.3 is 0 Å². The van der Waals surface area contributed by atoms with E-state index in [2.05, 4.69) is 20.6 Å². The highest BCUT2D eigenvalue weighted by Gasteiger charge is 2.06. The SMILES string of the molecule is Cc1ccc(NC(=O)Cn2cc(CN)nn2)nc1. The van der Waals surface area contributed by atoms with Crippen LogP contribution in [0.2, 0.25) is 0 Å². The lowest BCUT2D eigenvalue weighted by molar-refractivity contribution is -0.116. The van der Waals surface area contributed by atoms with Crippen LogP contribution < -0.4 is 11.1 Å². The molecule has 0 atom stereocenters. The van der Waals surface area contributed by atoms with Gasteiger partial charge in [-0.15, -0.1) is 5.10 Å². The summed E-state index contributed by atoms with van der Waals surface area (Å²) >= 11 is 0. The molecule has 0 saturated heterocycles. The van der Waals surface area contributed by atoms with Crippen molar-refractivity contribution < 1.29 is 4.79 Å². The number of aryl methyl sites for hydroxylation is 1. The van der Waals surface area contributed by atoms with E-state index < -0.39 is 0 Å². The largest absolute Gasteiger partial charge is 0.325 e. The van der Waals surface area contributed by atoms with Gasteiger partial charge < -0.3 is 11.1 Å². The van der Waals surface area contributed by atoms with Gasteiger partial charge in [0.2, 0.25) is 5.91 Å². The average molecular weight is 246 g/mol. The number of hydrogen-bond acceptors (Lipinski definition) is 5.